The molecule has 0 radical (unpaired) electrons. The highest BCUT2D eigenvalue weighted by atomic mass is 19.3. The second-order valence-corrected chi connectivity index (χ2v) is 8.13. The average Bonchev–Trinajstić information content (AvgIpc) is 3.39. The number of hydrogen-bond donors (Lipinski definition) is 3. The summed E-state index contributed by atoms with van der Waals surface area (Å²) in [5, 5.41) is 19.1. The van der Waals surface area contributed by atoms with E-state index in [-0.39, 0.29) is 0 Å². The number of rotatable bonds is 8. The third-order valence-electron chi connectivity index (χ3n) is 5.86. The van der Waals surface area contributed by atoms with Gasteiger partial charge in [0.15, 0.2) is 5.82 Å². The van der Waals surface area contributed by atoms with Crippen molar-refractivity contribution in [1.29, 1.82) is 0 Å². The molecule has 1 aliphatic carbocycles. The molecule has 7 nitrogen and oxygen atoms in total. The molecule has 32 heavy (non-hydrogen) atoms. The number of benzene rings is 2. The normalized spacial score (nSPS) is 14.9. The Kier molecular flexibility index (Phi) is 5.34. The van der Waals surface area contributed by atoms with Gasteiger partial charge in [0, 0.05) is 23.7 Å². The van der Waals surface area contributed by atoms with Crippen LogP contribution in [0.15, 0.2) is 42.6 Å². The lowest BCUT2D eigenvalue weighted by molar-refractivity contribution is 0.0993. The van der Waals surface area contributed by atoms with Crippen molar-refractivity contribution in [2.45, 2.75) is 38.2 Å². The molecule has 0 saturated heterocycles. The van der Waals surface area contributed by atoms with Gasteiger partial charge in [0.2, 0.25) is 5.95 Å². The standard InChI is InChI=1S/C23H25F2N7/c1-3-26-20(21(24)25)14-6-8-15(9-7-14)22-29-23(32(2)31-22)28-18-11-10-17-16(12-27-30-17)19(18)13-4-5-13/h6-13,20-21,26H,3-5H2,1-2H3,(H,27,30)(H,28,29,31)/t20-/m0/s1. The molecule has 166 valence electrons. The van der Waals surface area contributed by atoms with Gasteiger partial charge in [-0.15, -0.1) is 5.10 Å². The molecule has 0 aliphatic heterocycles. The van der Waals surface area contributed by atoms with Gasteiger partial charge in [-0.1, -0.05) is 31.2 Å². The summed E-state index contributed by atoms with van der Waals surface area (Å²) >= 11 is 0. The largest absolute Gasteiger partial charge is 0.324 e. The first-order chi connectivity index (χ1) is 15.5. The first kappa shape index (κ1) is 20.6. The van der Waals surface area contributed by atoms with Crippen LogP contribution in [-0.2, 0) is 7.05 Å². The van der Waals surface area contributed by atoms with Gasteiger partial charge in [-0.2, -0.15) is 10.1 Å². The fourth-order valence-electron chi connectivity index (χ4n) is 4.11. The van der Waals surface area contributed by atoms with E-state index in [1.807, 2.05) is 32.3 Å². The maximum atomic E-state index is 13.3. The molecule has 2 heterocycles. The smallest absolute Gasteiger partial charge is 0.257 e. The molecule has 0 amide bonds. The quantitative estimate of drug-likeness (QED) is 0.365. The van der Waals surface area contributed by atoms with E-state index in [4.69, 9.17) is 0 Å². The van der Waals surface area contributed by atoms with Crippen molar-refractivity contribution in [3.05, 3.63) is 53.7 Å². The van der Waals surface area contributed by atoms with E-state index in [1.54, 1.807) is 28.9 Å². The minimum absolute atomic E-state index is 0.473. The lowest BCUT2D eigenvalue weighted by Gasteiger charge is -2.17. The number of anilines is 2. The van der Waals surface area contributed by atoms with Gasteiger partial charge >= 0.3 is 0 Å². The Morgan fingerprint density at radius 2 is 1.94 bits per heavy atom. The van der Waals surface area contributed by atoms with Gasteiger partial charge in [0.1, 0.15) is 0 Å². The van der Waals surface area contributed by atoms with Crippen LogP contribution in [0.5, 0.6) is 0 Å². The third kappa shape index (κ3) is 3.84. The summed E-state index contributed by atoms with van der Waals surface area (Å²) in [6.07, 6.45) is 1.74. The van der Waals surface area contributed by atoms with Crippen molar-refractivity contribution in [1.82, 2.24) is 30.3 Å². The van der Waals surface area contributed by atoms with Crippen LogP contribution in [-0.4, -0.2) is 37.9 Å². The first-order valence-electron chi connectivity index (χ1n) is 10.8. The first-order valence-corrected chi connectivity index (χ1v) is 10.8. The number of fused-ring (bicyclic) bond motifs is 1. The van der Waals surface area contributed by atoms with Crippen molar-refractivity contribution in [3.63, 3.8) is 0 Å². The number of aromatic amines is 1. The summed E-state index contributed by atoms with van der Waals surface area (Å²) in [5.74, 6) is 1.68. The summed E-state index contributed by atoms with van der Waals surface area (Å²) in [6, 6.07) is 10.1. The second-order valence-electron chi connectivity index (χ2n) is 8.13. The number of aryl methyl sites for hydroxylation is 1. The summed E-state index contributed by atoms with van der Waals surface area (Å²) in [5.41, 5.74) is 4.60. The van der Waals surface area contributed by atoms with E-state index in [0.29, 0.717) is 29.8 Å². The zero-order valence-electron chi connectivity index (χ0n) is 17.9. The zero-order valence-corrected chi connectivity index (χ0v) is 17.9. The molecule has 0 unspecified atom stereocenters. The van der Waals surface area contributed by atoms with E-state index in [1.165, 1.54) is 18.4 Å². The predicted octanol–water partition coefficient (Wildman–Crippen LogP) is 4.90. The van der Waals surface area contributed by atoms with Gasteiger partial charge in [-0.05, 0) is 48.6 Å². The van der Waals surface area contributed by atoms with Crippen LogP contribution in [0.1, 0.15) is 42.9 Å². The number of H-pyrrole nitrogens is 1. The number of alkyl halides is 2. The number of aromatic nitrogens is 5. The molecule has 0 spiro atoms. The fraction of sp³-hybridized carbons (Fsp3) is 0.348. The van der Waals surface area contributed by atoms with E-state index >= 15 is 0 Å². The van der Waals surface area contributed by atoms with Gasteiger partial charge in [0.05, 0.1) is 17.8 Å². The minimum atomic E-state index is -2.47. The monoisotopic (exact) mass is 437 g/mol. The van der Waals surface area contributed by atoms with Crippen molar-refractivity contribution >= 4 is 22.5 Å². The minimum Gasteiger partial charge on any atom is -0.324 e. The van der Waals surface area contributed by atoms with Crippen molar-refractivity contribution in [3.8, 4) is 11.4 Å². The van der Waals surface area contributed by atoms with Crippen LogP contribution in [0.3, 0.4) is 0 Å². The van der Waals surface area contributed by atoms with Gasteiger partial charge in [-0.25, -0.2) is 13.5 Å². The molecule has 3 N–H and O–H groups in total. The van der Waals surface area contributed by atoms with E-state index in [9.17, 15) is 8.78 Å². The lowest BCUT2D eigenvalue weighted by Crippen LogP contribution is -2.26. The molecule has 4 aromatic rings. The molecule has 1 fully saturated rings. The van der Waals surface area contributed by atoms with Crippen molar-refractivity contribution < 1.29 is 8.78 Å². The van der Waals surface area contributed by atoms with Crippen molar-refractivity contribution in [2.24, 2.45) is 7.05 Å². The van der Waals surface area contributed by atoms with Crippen LogP contribution < -0.4 is 10.6 Å². The highest BCUT2D eigenvalue weighted by Gasteiger charge is 2.29. The molecule has 5 rings (SSSR count). The molecule has 2 aromatic heterocycles. The number of nitrogens with one attached hydrogen (secondary N) is 3. The molecular formula is C23H25F2N7. The van der Waals surface area contributed by atoms with E-state index in [0.717, 1.165) is 22.2 Å². The van der Waals surface area contributed by atoms with E-state index in [2.05, 4.69) is 30.9 Å². The zero-order chi connectivity index (χ0) is 22.2. The maximum Gasteiger partial charge on any atom is 0.257 e. The Morgan fingerprint density at radius 1 is 1.16 bits per heavy atom. The summed E-state index contributed by atoms with van der Waals surface area (Å²) in [6.45, 7) is 2.29. The topological polar surface area (TPSA) is 83.5 Å². The van der Waals surface area contributed by atoms with Crippen LogP contribution in [0.2, 0.25) is 0 Å². The Morgan fingerprint density at radius 3 is 2.62 bits per heavy atom. The summed E-state index contributed by atoms with van der Waals surface area (Å²) < 4.78 is 28.3. The Hall–Kier alpha value is -3.33. The number of halogens is 2. The molecular weight excluding hydrogens is 412 g/mol. The molecule has 9 heteroatoms. The van der Waals surface area contributed by atoms with E-state index < -0.39 is 12.5 Å². The Balaban J connectivity index is 1.42. The molecule has 2 aromatic carbocycles. The predicted molar refractivity (Wildman–Crippen MR) is 120 cm³/mol. The molecule has 1 aliphatic rings. The molecule has 1 saturated carbocycles. The summed E-state index contributed by atoms with van der Waals surface area (Å²) in [4.78, 5) is 4.66. The SMILES string of the molecule is CCN[C@@H](c1ccc(-c2nc(Nc3ccc4[nH]ncc4c3C3CC3)n(C)n2)cc1)C(F)F. The lowest BCUT2D eigenvalue weighted by atomic mass is 10.0. The third-order valence-corrected chi connectivity index (χ3v) is 5.86. The molecule has 0 bridgehead atoms. The van der Waals surface area contributed by atoms with Crippen molar-refractivity contribution in [2.75, 3.05) is 11.9 Å². The average molecular weight is 437 g/mol. The van der Waals surface area contributed by atoms with Gasteiger partial charge < -0.3 is 10.6 Å². The van der Waals surface area contributed by atoms with Crippen LogP contribution in [0.4, 0.5) is 20.4 Å². The summed E-state index contributed by atoms with van der Waals surface area (Å²) in [7, 11) is 1.83. The highest BCUT2D eigenvalue weighted by molar-refractivity contribution is 5.89. The highest BCUT2D eigenvalue weighted by Crippen LogP contribution is 2.47. The maximum absolute atomic E-state index is 13.3. The number of hydrogen-bond acceptors (Lipinski definition) is 5. The molecule has 1 atom stereocenters. The number of nitrogens with zero attached hydrogens (tertiary/aromatic N) is 4. The van der Waals surface area contributed by atoms with Crippen LogP contribution in [0.25, 0.3) is 22.3 Å². The fourth-order valence-corrected chi connectivity index (χ4v) is 4.11. The van der Waals surface area contributed by atoms with Crippen LogP contribution in [0, 0.1) is 0 Å². The van der Waals surface area contributed by atoms with Gasteiger partial charge in [-0.3, -0.25) is 5.10 Å². The Bertz CT molecular complexity index is 1230. The second kappa shape index (κ2) is 8.31. The van der Waals surface area contributed by atoms with Gasteiger partial charge in [0.25, 0.3) is 6.43 Å². The Labute approximate surface area is 184 Å². The van der Waals surface area contributed by atoms with Crippen LogP contribution >= 0.6 is 0 Å².